The van der Waals surface area contributed by atoms with Crippen molar-refractivity contribution in [3.63, 3.8) is 0 Å². The van der Waals surface area contributed by atoms with Crippen LogP contribution in [0, 0.1) is 17.8 Å². The van der Waals surface area contributed by atoms with E-state index in [0.717, 1.165) is 37.4 Å². The van der Waals surface area contributed by atoms with Crippen molar-refractivity contribution in [3.05, 3.63) is 0 Å². The first-order valence-corrected chi connectivity index (χ1v) is 8.82. The average Bonchev–Trinajstić information content (AvgIpc) is 2.95. The van der Waals surface area contributed by atoms with Crippen LogP contribution in [0.15, 0.2) is 0 Å². The molecule has 120 valence electrons. The molecule has 2 aliphatic heterocycles. The number of piperidine rings is 1. The Morgan fingerprint density at radius 3 is 2.62 bits per heavy atom. The molecule has 0 aromatic carbocycles. The molecule has 1 amide bonds. The first kappa shape index (κ1) is 15.3. The minimum absolute atomic E-state index is 0.332. The third kappa shape index (κ3) is 3.59. The van der Waals surface area contributed by atoms with Crippen LogP contribution in [0.2, 0.25) is 0 Å². The van der Waals surface area contributed by atoms with E-state index in [2.05, 4.69) is 17.1 Å². The smallest absolute Gasteiger partial charge is 0.236 e. The van der Waals surface area contributed by atoms with Gasteiger partial charge in [-0.2, -0.15) is 0 Å². The molecule has 1 N–H and O–H groups in total. The van der Waals surface area contributed by atoms with E-state index in [9.17, 15) is 4.79 Å². The second-order valence-corrected chi connectivity index (χ2v) is 7.62. The number of fused-ring (bicyclic) bond motifs is 1. The van der Waals surface area contributed by atoms with Crippen LogP contribution in [0.1, 0.15) is 39.0 Å². The fourth-order valence-electron chi connectivity index (χ4n) is 4.39. The number of amides is 1. The predicted molar refractivity (Wildman–Crippen MR) is 85.1 cm³/mol. The van der Waals surface area contributed by atoms with Crippen LogP contribution < -0.4 is 5.32 Å². The highest BCUT2D eigenvalue weighted by Gasteiger charge is 2.34. The van der Waals surface area contributed by atoms with Crippen LogP contribution in [-0.2, 0) is 4.79 Å². The molecule has 2 unspecified atom stereocenters. The first-order valence-electron chi connectivity index (χ1n) is 8.82. The average molecular weight is 293 g/mol. The number of likely N-dealkylation sites (N-methyl/N-ethyl adjacent to an activating group) is 1. The lowest BCUT2D eigenvalue weighted by Gasteiger charge is -2.37. The molecular formula is C17H31N3O. The van der Waals surface area contributed by atoms with Gasteiger partial charge in [-0.15, -0.1) is 0 Å². The van der Waals surface area contributed by atoms with Gasteiger partial charge in [0, 0.05) is 19.6 Å². The lowest BCUT2D eigenvalue weighted by molar-refractivity contribution is -0.134. The summed E-state index contributed by atoms with van der Waals surface area (Å²) in [7, 11) is 2.02. The van der Waals surface area contributed by atoms with Gasteiger partial charge < -0.3 is 10.2 Å². The lowest BCUT2D eigenvalue weighted by atomic mass is 9.86. The molecule has 2 heterocycles. The van der Waals surface area contributed by atoms with Crippen LogP contribution in [0.25, 0.3) is 0 Å². The standard InChI is InChI=1S/C17H31N3O/c1-13-3-5-16(6-4-13)19(2)17(21)12-20-8-7-14-9-18-10-15(14)11-20/h13-16,18H,3-12H2,1-2H3. The van der Waals surface area contributed by atoms with Crippen molar-refractivity contribution in [2.75, 3.05) is 39.8 Å². The number of carbonyl (C=O) groups is 1. The van der Waals surface area contributed by atoms with Crippen LogP contribution >= 0.6 is 0 Å². The summed E-state index contributed by atoms with van der Waals surface area (Å²) in [4.78, 5) is 17.0. The first-order chi connectivity index (χ1) is 10.1. The highest BCUT2D eigenvalue weighted by atomic mass is 16.2. The van der Waals surface area contributed by atoms with Gasteiger partial charge in [0.1, 0.15) is 0 Å². The van der Waals surface area contributed by atoms with Gasteiger partial charge in [-0.1, -0.05) is 6.92 Å². The summed E-state index contributed by atoms with van der Waals surface area (Å²) >= 11 is 0. The molecule has 3 fully saturated rings. The molecule has 0 aromatic heterocycles. The molecular weight excluding hydrogens is 262 g/mol. The van der Waals surface area contributed by atoms with E-state index in [0.29, 0.717) is 18.5 Å². The van der Waals surface area contributed by atoms with E-state index in [1.807, 2.05) is 11.9 Å². The van der Waals surface area contributed by atoms with Gasteiger partial charge in [-0.3, -0.25) is 9.69 Å². The fraction of sp³-hybridized carbons (Fsp3) is 0.941. The zero-order chi connectivity index (χ0) is 14.8. The van der Waals surface area contributed by atoms with Crippen molar-refractivity contribution in [2.24, 2.45) is 17.8 Å². The largest absolute Gasteiger partial charge is 0.342 e. The summed E-state index contributed by atoms with van der Waals surface area (Å²) in [5.41, 5.74) is 0. The zero-order valence-corrected chi connectivity index (χ0v) is 13.7. The topological polar surface area (TPSA) is 35.6 Å². The third-order valence-corrected chi connectivity index (χ3v) is 6.07. The molecule has 4 heteroatoms. The van der Waals surface area contributed by atoms with Gasteiger partial charge in [0.05, 0.1) is 6.54 Å². The number of likely N-dealkylation sites (tertiary alicyclic amines) is 1. The fourth-order valence-corrected chi connectivity index (χ4v) is 4.39. The van der Waals surface area contributed by atoms with E-state index in [-0.39, 0.29) is 0 Å². The molecule has 2 saturated heterocycles. The summed E-state index contributed by atoms with van der Waals surface area (Å²) in [6, 6.07) is 0.486. The molecule has 3 aliphatic rings. The summed E-state index contributed by atoms with van der Waals surface area (Å²) in [5, 5.41) is 3.49. The monoisotopic (exact) mass is 293 g/mol. The molecule has 0 bridgehead atoms. The zero-order valence-electron chi connectivity index (χ0n) is 13.7. The SMILES string of the molecule is CC1CCC(N(C)C(=O)CN2CCC3CNCC3C2)CC1. The van der Waals surface area contributed by atoms with Crippen LogP contribution in [0.3, 0.4) is 0 Å². The maximum absolute atomic E-state index is 12.6. The highest BCUT2D eigenvalue weighted by molar-refractivity contribution is 5.78. The Kier molecular flexibility index (Phi) is 4.85. The number of hydrogen-bond donors (Lipinski definition) is 1. The summed E-state index contributed by atoms with van der Waals surface area (Å²) in [6.07, 6.45) is 6.20. The Balaban J connectivity index is 1.47. The van der Waals surface area contributed by atoms with Gasteiger partial charge in [0.2, 0.25) is 5.91 Å². The van der Waals surface area contributed by atoms with E-state index in [1.54, 1.807) is 0 Å². The number of nitrogens with zero attached hydrogens (tertiary/aromatic N) is 2. The van der Waals surface area contributed by atoms with E-state index in [4.69, 9.17) is 0 Å². The molecule has 4 nitrogen and oxygen atoms in total. The van der Waals surface area contributed by atoms with E-state index < -0.39 is 0 Å². The molecule has 3 rings (SSSR count). The molecule has 1 saturated carbocycles. The maximum atomic E-state index is 12.6. The Labute approximate surface area is 129 Å². The lowest BCUT2D eigenvalue weighted by Crippen LogP contribution is -2.48. The quantitative estimate of drug-likeness (QED) is 0.858. The number of carbonyl (C=O) groups excluding carboxylic acids is 1. The normalized spacial score (nSPS) is 37.2. The number of rotatable bonds is 3. The Morgan fingerprint density at radius 2 is 1.86 bits per heavy atom. The summed E-state index contributed by atoms with van der Waals surface area (Å²) in [6.45, 7) is 7.50. The van der Waals surface area contributed by atoms with Gasteiger partial charge in [-0.25, -0.2) is 0 Å². The number of hydrogen-bond acceptors (Lipinski definition) is 3. The van der Waals surface area contributed by atoms with Gasteiger partial charge in [0.25, 0.3) is 0 Å². The molecule has 1 aliphatic carbocycles. The van der Waals surface area contributed by atoms with E-state index >= 15 is 0 Å². The minimum atomic E-state index is 0.332. The Hall–Kier alpha value is -0.610. The molecule has 0 aromatic rings. The maximum Gasteiger partial charge on any atom is 0.236 e. The van der Waals surface area contributed by atoms with Crippen molar-refractivity contribution < 1.29 is 4.79 Å². The van der Waals surface area contributed by atoms with Gasteiger partial charge >= 0.3 is 0 Å². The van der Waals surface area contributed by atoms with Gasteiger partial charge in [-0.05, 0) is 69.5 Å². The van der Waals surface area contributed by atoms with Crippen LogP contribution in [0.5, 0.6) is 0 Å². The summed E-state index contributed by atoms with van der Waals surface area (Å²) in [5.74, 6) is 2.80. The van der Waals surface area contributed by atoms with Crippen LogP contribution in [0.4, 0.5) is 0 Å². The van der Waals surface area contributed by atoms with Crippen molar-refractivity contribution in [1.82, 2.24) is 15.1 Å². The summed E-state index contributed by atoms with van der Waals surface area (Å²) < 4.78 is 0. The van der Waals surface area contributed by atoms with Crippen molar-refractivity contribution >= 4 is 5.91 Å². The highest BCUT2D eigenvalue weighted by Crippen LogP contribution is 2.28. The van der Waals surface area contributed by atoms with E-state index in [1.165, 1.54) is 38.6 Å². The third-order valence-electron chi connectivity index (χ3n) is 6.07. The van der Waals surface area contributed by atoms with Crippen LogP contribution in [-0.4, -0.2) is 61.5 Å². The Morgan fingerprint density at radius 1 is 1.14 bits per heavy atom. The second-order valence-electron chi connectivity index (χ2n) is 7.62. The number of nitrogens with one attached hydrogen (secondary N) is 1. The van der Waals surface area contributed by atoms with Crippen molar-refractivity contribution in [2.45, 2.75) is 45.1 Å². The van der Waals surface area contributed by atoms with Gasteiger partial charge in [0.15, 0.2) is 0 Å². The Bertz CT molecular complexity index is 365. The minimum Gasteiger partial charge on any atom is -0.342 e. The second kappa shape index (κ2) is 6.66. The predicted octanol–water partition coefficient (Wildman–Crippen LogP) is 1.56. The molecule has 2 atom stereocenters. The van der Waals surface area contributed by atoms with Crippen molar-refractivity contribution in [1.29, 1.82) is 0 Å². The molecule has 0 spiro atoms. The molecule has 21 heavy (non-hydrogen) atoms. The molecule has 0 radical (unpaired) electrons. The van der Waals surface area contributed by atoms with Crippen molar-refractivity contribution in [3.8, 4) is 0 Å².